The van der Waals surface area contributed by atoms with Crippen molar-refractivity contribution < 1.29 is 18.3 Å². The maximum Gasteiger partial charge on any atom is 0.254 e. The van der Waals surface area contributed by atoms with E-state index in [2.05, 4.69) is 0 Å². The molecule has 4 nitrogen and oxygen atoms in total. The molecule has 0 aliphatic carbocycles. The topological polar surface area (TPSA) is 55.6 Å². The van der Waals surface area contributed by atoms with Crippen molar-refractivity contribution in [2.45, 2.75) is 18.9 Å². The number of benzene rings is 2. The molecule has 1 aliphatic rings. The van der Waals surface area contributed by atoms with Crippen LogP contribution in [0.3, 0.4) is 0 Å². The Morgan fingerprint density at radius 3 is 2.44 bits per heavy atom. The first-order valence-electron chi connectivity index (χ1n) is 7.82. The van der Waals surface area contributed by atoms with Crippen LogP contribution >= 0.6 is 12.4 Å². The van der Waals surface area contributed by atoms with E-state index in [-0.39, 0.29) is 30.1 Å². The van der Waals surface area contributed by atoms with Gasteiger partial charge in [0.05, 0.1) is 0 Å². The molecule has 2 N–H and O–H groups in total. The third-order valence-electron chi connectivity index (χ3n) is 4.14. The van der Waals surface area contributed by atoms with Gasteiger partial charge in [0.25, 0.3) is 5.91 Å². The molecule has 7 heteroatoms. The SMILES string of the molecule is Cl.NCC1CCCN1C(=O)c1ccc(Oc2ccc(F)c(F)c2)cc1. The quantitative estimate of drug-likeness (QED) is 0.894. The summed E-state index contributed by atoms with van der Waals surface area (Å²) in [6.45, 7) is 1.18. The number of hydrogen-bond acceptors (Lipinski definition) is 3. The van der Waals surface area contributed by atoms with E-state index < -0.39 is 11.6 Å². The second kappa shape index (κ2) is 8.27. The summed E-state index contributed by atoms with van der Waals surface area (Å²) in [6, 6.07) is 9.98. The minimum absolute atomic E-state index is 0. The molecule has 1 amide bonds. The Bertz CT molecular complexity index is 740. The molecule has 0 bridgehead atoms. The van der Waals surface area contributed by atoms with Gasteiger partial charge in [-0.2, -0.15) is 0 Å². The average molecular weight is 369 g/mol. The maximum absolute atomic E-state index is 13.2. The molecule has 1 unspecified atom stereocenters. The molecule has 0 aromatic heterocycles. The van der Waals surface area contributed by atoms with E-state index in [4.69, 9.17) is 10.5 Å². The third-order valence-corrected chi connectivity index (χ3v) is 4.14. The van der Waals surface area contributed by atoms with Crippen LogP contribution in [-0.2, 0) is 0 Å². The highest BCUT2D eigenvalue weighted by Gasteiger charge is 2.28. The fraction of sp³-hybridized carbons (Fsp3) is 0.278. The molecule has 1 fully saturated rings. The zero-order chi connectivity index (χ0) is 17.1. The van der Waals surface area contributed by atoms with Gasteiger partial charge in [0, 0.05) is 30.8 Å². The zero-order valence-electron chi connectivity index (χ0n) is 13.5. The van der Waals surface area contributed by atoms with Gasteiger partial charge < -0.3 is 15.4 Å². The summed E-state index contributed by atoms with van der Waals surface area (Å²) in [7, 11) is 0. The van der Waals surface area contributed by atoms with Crippen molar-refractivity contribution in [3.8, 4) is 11.5 Å². The van der Waals surface area contributed by atoms with Gasteiger partial charge in [0.2, 0.25) is 0 Å². The summed E-state index contributed by atoms with van der Waals surface area (Å²) in [5.41, 5.74) is 6.25. The summed E-state index contributed by atoms with van der Waals surface area (Å²) in [6.07, 6.45) is 1.89. The van der Waals surface area contributed by atoms with Gasteiger partial charge in [0.1, 0.15) is 11.5 Å². The van der Waals surface area contributed by atoms with Crippen molar-refractivity contribution in [2.75, 3.05) is 13.1 Å². The van der Waals surface area contributed by atoms with E-state index in [1.54, 1.807) is 29.2 Å². The van der Waals surface area contributed by atoms with Crippen molar-refractivity contribution in [1.29, 1.82) is 0 Å². The first-order valence-corrected chi connectivity index (χ1v) is 7.82. The van der Waals surface area contributed by atoms with E-state index in [0.29, 0.717) is 24.4 Å². The van der Waals surface area contributed by atoms with Crippen LogP contribution in [0, 0.1) is 11.6 Å². The lowest BCUT2D eigenvalue weighted by molar-refractivity contribution is 0.0741. The molecule has 1 atom stereocenters. The van der Waals surface area contributed by atoms with Crippen molar-refractivity contribution in [3.63, 3.8) is 0 Å². The van der Waals surface area contributed by atoms with Gasteiger partial charge in [0.15, 0.2) is 11.6 Å². The molecule has 1 aliphatic heterocycles. The maximum atomic E-state index is 13.2. The molecule has 25 heavy (non-hydrogen) atoms. The van der Waals surface area contributed by atoms with Crippen LogP contribution < -0.4 is 10.5 Å². The van der Waals surface area contributed by atoms with Gasteiger partial charge >= 0.3 is 0 Å². The lowest BCUT2D eigenvalue weighted by Crippen LogP contribution is -2.39. The molecule has 2 aromatic carbocycles. The smallest absolute Gasteiger partial charge is 0.254 e. The van der Waals surface area contributed by atoms with E-state index in [9.17, 15) is 13.6 Å². The number of likely N-dealkylation sites (tertiary alicyclic amines) is 1. The predicted molar refractivity (Wildman–Crippen MR) is 93.2 cm³/mol. The third kappa shape index (κ3) is 4.27. The number of hydrogen-bond donors (Lipinski definition) is 1. The summed E-state index contributed by atoms with van der Waals surface area (Å²) >= 11 is 0. The fourth-order valence-corrected chi connectivity index (χ4v) is 2.86. The lowest BCUT2D eigenvalue weighted by Gasteiger charge is -2.23. The van der Waals surface area contributed by atoms with Gasteiger partial charge in [-0.1, -0.05) is 0 Å². The Hall–Kier alpha value is -2.18. The van der Waals surface area contributed by atoms with Crippen LogP contribution in [0.25, 0.3) is 0 Å². The summed E-state index contributed by atoms with van der Waals surface area (Å²) in [5.74, 6) is -1.32. The molecule has 1 saturated heterocycles. The number of carbonyl (C=O) groups excluding carboxylic acids is 1. The number of carbonyl (C=O) groups is 1. The van der Waals surface area contributed by atoms with Gasteiger partial charge in [-0.3, -0.25) is 4.79 Å². The Balaban J connectivity index is 0.00000225. The number of amides is 1. The molecule has 2 aromatic rings. The van der Waals surface area contributed by atoms with E-state index in [1.807, 2.05) is 0 Å². The molecular weight excluding hydrogens is 350 g/mol. The summed E-state index contributed by atoms with van der Waals surface area (Å²) in [4.78, 5) is 14.3. The van der Waals surface area contributed by atoms with Crippen LogP contribution in [0.4, 0.5) is 8.78 Å². The van der Waals surface area contributed by atoms with E-state index in [1.165, 1.54) is 6.07 Å². The number of rotatable bonds is 4. The second-order valence-electron chi connectivity index (χ2n) is 5.73. The van der Waals surface area contributed by atoms with Crippen molar-refractivity contribution in [3.05, 3.63) is 59.7 Å². The highest BCUT2D eigenvalue weighted by molar-refractivity contribution is 5.94. The second-order valence-corrected chi connectivity index (χ2v) is 5.73. The molecule has 0 spiro atoms. The first-order chi connectivity index (χ1) is 11.6. The van der Waals surface area contributed by atoms with Crippen LogP contribution in [0.2, 0.25) is 0 Å². The normalized spacial score (nSPS) is 16.4. The monoisotopic (exact) mass is 368 g/mol. The van der Waals surface area contributed by atoms with Crippen LogP contribution in [0.15, 0.2) is 42.5 Å². The van der Waals surface area contributed by atoms with E-state index >= 15 is 0 Å². The van der Waals surface area contributed by atoms with Gasteiger partial charge in [-0.15, -0.1) is 12.4 Å². The molecule has 3 rings (SSSR count). The van der Waals surface area contributed by atoms with Crippen LogP contribution in [0.5, 0.6) is 11.5 Å². The average Bonchev–Trinajstić information content (AvgIpc) is 3.07. The zero-order valence-corrected chi connectivity index (χ0v) is 14.3. The minimum Gasteiger partial charge on any atom is -0.457 e. The first kappa shape index (κ1) is 19.1. The van der Waals surface area contributed by atoms with E-state index in [0.717, 1.165) is 25.0 Å². The fourth-order valence-electron chi connectivity index (χ4n) is 2.86. The Labute approximate surface area is 151 Å². The number of nitrogens with two attached hydrogens (primary N) is 1. The summed E-state index contributed by atoms with van der Waals surface area (Å²) < 4.78 is 31.6. The summed E-state index contributed by atoms with van der Waals surface area (Å²) in [5, 5.41) is 0. The number of ether oxygens (including phenoxy) is 1. The van der Waals surface area contributed by atoms with Crippen molar-refractivity contribution in [1.82, 2.24) is 4.90 Å². The van der Waals surface area contributed by atoms with Crippen molar-refractivity contribution in [2.24, 2.45) is 5.73 Å². The van der Waals surface area contributed by atoms with Gasteiger partial charge in [-0.05, 0) is 49.2 Å². The predicted octanol–water partition coefficient (Wildman–Crippen LogP) is 3.74. The van der Waals surface area contributed by atoms with Crippen LogP contribution in [-0.4, -0.2) is 29.9 Å². The Morgan fingerprint density at radius 1 is 1.12 bits per heavy atom. The number of halogens is 3. The Morgan fingerprint density at radius 2 is 1.80 bits per heavy atom. The molecule has 134 valence electrons. The molecule has 0 radical (unpaired) electrons. The highest BCUT2D eigenvalue weighted by atomic mass is 35.5. The van der Waals surface area contributed by atoms with Crippen molar-refractivity contribution >= 4 is 18.3 Å². The molecule has 1 heterocycles. The largest absolute Gasteiger partial charge is 0.457 e. The molecular formula is C18H19ClF2N2O2. The highest BCUT2D eigenvalue weighted by Crippen LogP contribution is 2.25. The van der Waals surface area contributed by atoms with Crippen LogP contribution in [0.1, 0.15) is 23.2 Å². The lowest BCUT2D eigenvalue weighted by atomic mass is 10.1. The molecule has 0 saturated carbocycles. The minimum atomic E-state index is -0.971. The van der Waals surface area contributed by atoms with Gasteiger partial charge in [-0.25, -0.2) is 8.78 Å². The number of nitrogens with zero attached hydrogens (tertiary/aromatic N) is 1. The standard InChI is InChI=1S/C18H18F2N2O2.ClH/c19-16-8-7-15(10-17(16)20)24-14-5-3-12(4-6-14)18(23)22-9-1-2-13(22)11-21;/h3-8,10,13H,1-2,9,11,21H2;1H. The Kier molecular flexibility index (Phi) is 6.33.